The van der Waals surface area contributed by atoms with Gasteiger partial charge in [0.1, 0.15) is 6.26 Å². The summed E-state index contributed by atoms with van der Waals surface area (Å²) in [5.74, 6) is -0.387. The SMILES string of the molecule is O=C(N[C@@H]1CN(C(=O)c2ccoc2)CC[C@@H]1CO)c1ccccc1. The zero-order chi connectivity index (χ0) is 16.9. The van der Waals surface area contributed by atoms with Crippen LogP contribution in [0.4, 0.5) is 0 Å². The lowest BCUT2D eigenvalue weighted by atomic mass is 9.91. The molecule has 2 heterocycles. The number of nitrogens with zero attached hydrogens (tertiary/aromatic N) is 1. The lowest BCUT2D eigenvalue weighted by Crippen LogP contribution is -2.54. The molecule has 1 aliphatic rings. The number of furan rings is 1. The molecule has 0 spiro atoms. The first-order valence-corrected chi connectivity index (χ1v) is 7.97. The van der Waals surface area contributed by atoms with E-state index in [1.54, 1.807) is 35.2 Å². The molecule has 6 heteroatoms. The van der Waals surface area contributed by atoms with E-state index in [1.165, 1.54) is 12.5 Å². The van der Waals surface area contributed by atoms with E-state index in [2.05, 4.69) is 5.32 Å². The monoisotopic (exact) mass is 328 g/mol. The Labute approximate surface area is 140 Å². The van der Waals surface area contributed by atoms with Crippen LogP contribution in [-0.4, -0.2) is 47.6 Å². The van der Waals surface area contributed by atoms with Crippen LogP contribution in [0.1, 0.15) is 27.1 Å². The number of rotatable bonds is 4. The quantitative estimate of drug-likeness (QED) is 0.892. The fourth-order valence-corrected chi connectivity index (χ4v) is 2.98. The van der Waals surface area contributed by atoms with Gasteiger partial charge in [-0.15, -0.1) is 0 Å². The molecule has 3 rings (SSSR count). The van der Waals surface area contributed by atoms with Gasteiger partial charge in [0.05, 0.1) is 17.9 Å². The molecule has 0 bridgehead atoms. The third-order valence-electron chi connectivity index (χ3n) is 4.40. The van der Waals surface area contributed by atoms with Gasteiger partial charge in [-0.25, -0.2) is 0 Å². The Morgan fingerprint density at radius 3 is 2.67 bits per heavy atom. The van der Waals surface area contributed by atoms with E-state index in [9.17, 15) is 14.7 Å². The van der Waals surface area contributed by atoms with E-state index in [-0.39, 0.29) is 30.4 Å². The smallest absolute Gasteiger partial charge is 0.257 e. The second-order valence-corrected chi connectivity index (χ2v) is 5.94. The van der Waals surface area contributed by atoms with Gasteiger partial charge in [-0.3, -0.25) is 9.59 Å². The highest BCUT2D eigenvalue weighted by molar-refractivity contribution is 5.95. The summed E-state index contributed by atoms with van der Waals surface area (Å²) in [6.45, 7) is 0.897. The van der Waals surface area contributed by atoms with Gasteiger partial charge in [0.15, 0.2) is 0 Å². The Balaban J connectivity index is 1.69. The summed E-state index contributed by atoms with van der Waals surface area (Å²) in [4.78, 5) is 26.5. The lowest BCUT2D eigenvalue weighted by molar-refractivity contribution is 0.0541. The molecule has 6 nitrogen and oxygen atoms in total. The molecule has 1 saturated heterocycles. The van der Waals surface area contributed by atoms with Crippen molar-refractivity contribution < 1.29 is 19.1 Å². The molecular formula is C18H20N2O4. The number of carbonyl (C=O) groups excluding carboxylic acids is 2. The molecule has 0 aliphatic carbocycles. The van der Waals surface area contributed by atoms with Crippen molar-refractivity contribution in [1.29, 1.82) is 0 Å². The van der Waals surface area contributed by atoms with E-state index in [4.69, 9.17) is 4.42 Å². The molecule has 1 fully saturated rings. The molecule has 2 atom stereocenters. The average Bonchev–Trinajstić information content (AvgIpc) is 3.16. The van der Waals surface area contributed by atoms with Crippen LogP contribution in [0.5, 0.6) is 0 Å². The molecule has 24 heavy (non-hydrogen) atoms. The summed E-state index contributed by atoms with van der Waals surface area (Å²) in [5.41, 5.74) is 1.05. The molecule has 0 saturated carbocycles. The number of aliphatic hydroxyl groups is 1. The maximum Gasteiger partial charge on any atom is 0.257 e. The Morgan fingerprint density at radius 1 is 1.21 bits per heavy atom. The third-order valence-corrected chi connectivity index (χ3v) is 4.40. The lowest BCUT2D eigenvalue weighted by Gasteiger charge is -2.38. The standard InChI is InChI=1S/C18H20N2O4/c21-11-14-6-8-20(18(23)15-7-9-24-12-15)10-16(14)19-17(22)13-4-2-1-3-5-13/h1-5,7,9,12,14,16,21H,6,8,10-11H2,(H,19,22)/t14-,16-/m1/s1. The molecule has 1 aliphatic heterocycles. The number of likely N-dealkylation sites (tertiary alicyclic amines) is 1. The minimum atomic E-state index is -0.285. The van der Waals surface area contributed by atoms with Crippen molar-refractivity contribution in [3.8, 4) is 0 Å². The van der Waals surface area contributed by atoms with Gasteiger partial charge < -0.3 is 19.7 Å². The number of hydrogen-bond donors (Lipinski definition) is 2. The minimum Gasteiger partial charge on any atom is -0.472 e. The number of amides is 2. The van der Waals surface area contributed by atoms with E-state index >= 15 is 0 Å². The maximum absolute atomic E-state index is 12.4. The number of benzene rings is 1. The van der Waals surface area contributed by atoms with Gasteiger partial charge in [-0.1, -0.05) is 18.2 Å². The van der Waals surface area contributed by atoms with Crippen LogP contribution in [0.25, 0.3) is 0 Å². The molecular weight excluding hydrogens is 308 g/mol. The zero-order valence-corrected chi connectivity index (χ0v) is 13.2. The van der Waals surface area contributed by atoms with Crippen molar-refractivity contribution in [3.05, 3.63) is 60.1 Å². The largest absolute Gasteiger partial charge is 0.472 e. The van der Waals surface area contributed by atoms with Crippen LogP contribution in [0.3, 0.4) is 0 Å². The maximum atomic E-state index is 12.4. The van der Waals surface area contributed by atoms with Gasteiger partial charge in [0.2, 0.25) is 0 Å². The molecule has 2 aromatic rings. The Hall–Kier alpha value is -2.60. The Bertz CT molecular complexity index is 684. The summed E-state index contributed by atoms with van der Waals surface area (Å²) in [6, 6.07) is 10.3. The van der Waals surface area contributed by atoms with Crippen LogP contribution in [0.15, 0.2) is 53.3 Å². The van der Waals surface area contributed by atoms with Gasteiger partial charge in [0.25, 0.3) is 11.8 Å². The fourth-order valence-electron chi connectivity index (χ4n) is 2.98. The van der Waals surface area contributed by atoms with Crippen molar-refractivity contribution >= 4 is 11.8 Å². The summed E-state index contributed by atoms with van der Waals surface area (Å²) in [6.07, 6.45) is 3.51. The highest BCUT2D eigenvalue weighted by Crippen LogP contribution is 2.20. The van der Waals surface area contributed by atoms with Crippen molar-refractivity contribution in [2.24, 2.45) is 5.92 Å². The first-order chi connectivity index (χ1) is 11.7. The van der Waals surface area contributed by atoms with E-state index in [1.807, 2.05) is 6.07 Å². The molecule has 2 amide bonds. The molecule has 2 N–H and O–H groups in total. The number of aliphatic hydroxyl groups excluding tert-OH is 1. The number of piperidine rings is 1. The van der Waals surface area contributed by atoms with Crippen molar-refractivity contribution in [3.63, 3.8) is 0 Å². The van der Waals surface area contributed by atoms with Gasteiger partial charge in [-0.2, -0.15) is 0 Å². The second-order valence-electron chi connectivity index (χ2n) is 5.94. The molecule has 126 valence electrons. The van der Waals surface area contributed by atoms with E-state index in [0.29, 0.717) is 30.6 Å². The van der Waals surface area contributed by atoms with Gasteiger partial charge >= 0.3 is 0 Å². The van der Waals surface area contributed by atoms with Gasteiger partial charge in [-0.05, 0) is 24.6 Å². The predicted molar refractivity (Wildman–Crippen MR) is 87.5 cm³/mol. The average molecular weight is 328 g/mol. The van der Waals surface area contributed by atoms with E-state index < -0.39 is 0 Å². The van der Waals surface area contributed by atoms with Crippen molar-refractivity contribution in [2.45, 2.75) is 12.5 Å². The molecule has 1 aromatic carbocycles. The van der Waals surface area contributed by atoms with Crippen LogP contribution >= 0.6 is 0 Å². The normalized spacial score (nSPS) is 20.6. The van der Waals surface area contributed by atoms with Crippen LogP contribution < -0.4 is 5.32 Å². The van der Waals surface area contributed by atoms with Crippen LogP contribution in [0.2, 0.25) is 0 Å². The van der Waals surface area contributed by atoms with E-state index in [0.717, 1.165) is 0 Å². The molecule has 1 aromatic heterocycles. The van der Waals surface area contributed by atoms with Crippen molar-refractivity contribution in [1.82, 2.24) is 10.2 Å². The van der Waals surface area contributed by atoms with Crippen LogP contribution in [-0.2, 0) is 0 Å². The first kappa shape index (κ1) is 16.3. The van der Waals surface area contributed by atoms with Crippen LogP contribution in [0, 0.1) is 5.92 Å². The molecule has 0 radical (unpaired) electrons. The number of carbonyl (C=O) groups is 2. The first-order valence-electron chi connectivity index (χ1n) is 7.97. The predicted octanol–water partition coefficient (Wildman–Crippen LogP) is 1.53. The highest BCUT2D eigenvalue weighted by atomic mass is 16.3. The zero-order valence-electron chi connectivity index (χ0n) is 13.2. The highest BCUT2D eigenvalue weighted by Gasteiger charge is 2.32. The number of hydrogen-bond acceptors (Lipinski definition) is 4. The Kier molecular flexibility index (Phi) is 4.96. The van der Waals surface area contributed by atoms with Crippen molar-refractivity contribution in [2.75, 3.05) is 19.7 Å². The third kappa shape index (κ3) is 3.49. The summed E-state index contributed by atoms with van der Waals surface area (Å²) in [5, 5.41) is 12.5. The second kappa shape index (κ2) is 7.31. The summed E-state index contributed by atoms with van der Waals surface area (Å²) >= 11 is 0. The summed E-state index contributed by atoms with van der Waals surface area (Å²) < 4.78 is 4.96. The summed E-state index contributed by atoms with van der Waals surface area (Å²) in [7, 11) is 0. The fraction of sp³-hybridized carbons (Fsp3) is 0.333. The Morgan fingerprint density at radius 2 is 2.00 bits per heavy atom. The number of nitrogens with one attached hydrogen (secondary N) is 1. The topological polar surface area (TPSA) is 82.8 Å². The van der Waals surface area contributed by atoms with Gasteiger partial charge in [0, 0.05) is 31.2 Å². The molecule has 0 unspecified atom stereocenters. The minimum absolute atomic E-state index is 0.0204.